The van der Waals surface area contributed by atoms with E-state index >= 15 is 0 Å². The highest BCUT2D eigenvalue weighted by molar-refractivity contribution is 9.10. The molecule has 1 nitrogen and oxygen atoms in total. The molecule has 0 aliphatic heterocycles. The van der Waals surface area contributed by atoms with E-state index in [2.05, 4.69) is 28.1 Å². The molecule has 1 unspecified atom stereocenters. The Balaban J connectivity index is 2.43. The van der Waals surface area contributed by atoms with Crippen LogP contribution in [0.25, 0.3) is 0 Å². The maximum Gasteiger partial charge on any atom is 0.0566 e. The summed E-state index contributed by atoms with van der Waals surface area (Å²) in [5, 5.41) is 0.706. The highest BCUT2D eigenvalue weighted by Crippen LogP contribution is 2.28. The molecule has 0 saturated heterocycles. The number of rotatable bonds is 2. The van der Waals surface area contributed by atoms with Gasteiger partial charge in [0.2, 0.25) is 0 Å². The first-order valence-corrected chi connectivity index (χ1v) is 6.52. The number of aryl methyl sites for hydroxylation is 1. The third-order valence-electron chi connectivity index (χ3n) is 2.66. The highest BCUT2D eigenvalue weighted by Gasteiger charge is 2.12. The van der Waals surface area contributed by atoms with Crippen molar-refractivity contribution in [3.63, 3.8) is 0 Å². The fraction of sp³-hybridized carbons (Fsp3) is 0.143. The quantitative estimate of drug-likeness (QED) is 0.871. The van der Waals surface area contributed by atoms with Crippen LogP contribution in [0, 0.1) is 6.92 Å². The van der Waals surface area contributed by atoms with Gasteiger partial charge < -0.3 is 5.73 Å². The minimum absolute atomic E-state index is 0.195. The Kier molecular flexibility index (Phi) is 3.87. The van der Waals surface area contributed by atoms with Gasteiger partial charge in [-0.15, -0.1) is 0 Å². The monoisotopic (exact) mass is 309 g/mol. The summed E-state index contributed by atoms with van der Waals surface area (Å²) < 4.78 is 1.04. The van der Waals surface area contributed by atoms with E-state index in [1.54, 1.807) is 0 Å². The van der Waals surface area contributed by atoms with Crippen LogP contribution in [0.2, 0.25) is 5.02 Å². The number of benzene rings is 2. The molecule has 0 fully saturated rings. The van der Waals surface area contributed by atoms with E-state index in [0.29, 0.717) is 5.02 Å². The van der Waals surface area contributed by atoms with Crippen LogP contribution >= 0.6 is 27.5 Å². The average Bonchev–Trinajstić information content (AvgIpc) is 2.27. The molecule has 0 spiro atoms. The van der Waals surface area contributed by atoms with E-state index in [1.165, 1.54) is 5.56 Å². The van der Waals surface area contributed by atoms with Crippen LogP contribution < -0.4 is 5.73 Å². The summed E-state index contributed by atoms with van der Waals surface area (Å²) in [6, 6.07) is 13.7. The van der Waals surface area contributed by atoms with Gasteiger partial charge in [-0.1, -0.05) is 51.8 Å². The summed E-state index contributed by atoms with van der Waals surface area (Å²) in [6.07, 6.45) is 0. The fourth-order valence-electron chi connectivity index (χ4n) is 1.85. The number of halogens is 2. The standard InChI is InChI=1S/C14H13BrClN/c1-9-6-10(8-11(15)7-9)14(17)12-4-2-3-5-13(12)16/h2-8,14H,17H2,1H3. The summed E-state index contributed by atoms with van der Waals surface area (Å²) in [5.74, 6) is 0. The molecule has 2 aromatic carbocycles. The third kappa shape index (κ3) is 2.89. The van der Waals surface area contributed by atoms with E-state index in [9.17, 15) is 0 Å². The van der Waals surface area contributed by atoms with Gasteiger partial charge >= 0.3 is 0 Å². The van der Waals surface area contributed by atoms with Crippen LogP contribution in [0.4, 0.5) is 0 Å². The van der Waals surface area contributed by atoms with Gasteiger partial charge in [-0.25, -0.2) is 0 Å². The lowest BCUT2D eigenvalue weighted by Gasteiger charge is -2.15. The first-order valence-electron chi connectivity index (χ1n) is 5.35. The van der Waals surface area contributed by atoms with Gasteiger partial charge in [0.1, 0.15) is 0 Å². The molecule has 2 rings (SSSR count). The molecule has 88 valence electrons. The van der Waals surface area contributed by atoms with Crippen LogP contribution in [-0.4, -0.2) is 0 Å². The molecule has 0 radical (unpaired) electrons. The zero-order valence-corrected chi connectivity index (χ0v) is 11.8. The van der Waals surface area contributed by atoms with Gasteiger partial charge in [0.15, 0.2) is 0 Å². The smallest absolute Gasteiger partial charge is 0.0566 e. The molecule has 1 atom stereocenters. The molecule has 17 heavy (non-hydrogen) atoms. The molecule has 0 aromatic heterocycles. The zero-order valence-electron chi connectivity index (χ0n) is 9.45. The van der Waals surface area contributed by atoms with E-state index < -0.39 is 0 Å². The summed E-state index contributed by atoms with van der Waals surface area (Å²) in [6.45, 7) is 2.05. The average molecular weight is 311 g/mol. The Bertz CT molecular complexity index is 519. The maximum atomic E-state index is 6.25. The Morgan fingerprint density at radius 2 is 1.88 bits per heavy atom. The minimum atomic E-state index is -0.195. The highest BCUT2D eigenvalue weighted by atomic mass is 79.9. The predicted octanol–water partition coefficient (Wildman–Crippen LogP) is 4.46. The molecule has 0 bridgehead atoms. The number of nitrogens with two attached hydrogens (primary N) is 1. The lowest BCUT2D eigenvalue weighted by molar-refractivity contribution is 0.869. The summed E-state index contributed by atoms with van der Waals surface area (Å²) in [7, 11) is 0. The van der Waals surface area contributed by atoms with Gasteiger partial charge in [0.25, 0.3) is 0 Å². The van der Waals surface area contributed by atoms with E-state index in [0.717, 1.165) is 15.6 Å². The van der Waals surface area contributed by atoms with Gasteiger partial charge in [0, 0.05) is 9.50 Å². The molecular formula is C14H13BrClN. The third-order valence-corrected chi connectivity index (χ3v) is 3.47. The molecule has 0 aliphatic carbocycles. The minimum Gasteiger partial charge on any atom is -0.320 e. The largest absolute Gasteiger partial charge is 0.320 e. The second-order valence-electron chi connectivity index (χ2n) is 4.06. The zero-order chi connectivity index (χ0) is 12.4. The van der Waals surface area contributed by atoms with Crippen molar-refractivity contribution in [3.8, 4) is 0 Å². The first kappa shape index (κ1) is 12.6. The van der Waals surface area contributed by atoms with Crippen LogP contribution in [0.3, 0.4) is 0 Å². The van der Waals surface area contributed by atoms with Crippen LogP contribution in [0.15, 0.2) is 46.9 Å². The fourth-order valence-corrected chi connectivity index (χ4v) is 2.73. The maximum absolute atomic E-state index is 6.25. The SMILES string of the molecule is Cc1cc(Br)cc(C(N)c2ccccc2Cl)c1. The van der Waals surface area contributed by atoms with Crippen molar-refractivity contribution in [2.75, 3.05) is 0 Å². The topological polar surface area (TPSA) is 26.0 Å². The molecular weight excluding hydrogens is 298 g/mol. The van der Waals surface area contributed by atoms with Crippen molar-refractivity contribution in [1.82, 2.24) is 0 Å². The van der Waals surface area contributed by atoms with E-state index in [4.69, 9.17) is 17.3 Å². The molecule has 2 aromatic rings. The lowest BCUT2D eigenvalue weighted by atomic mass is 9.98. The van der Waals surface area contributed by atoms with Crippen LogP contribution in [-0.2, 0) is 0 Å². The second-order valence-corrected chi connectivity index (χ2v) is 5.38. The van der Waals surface area contributed by atoms with Crippen molar-refractivity contribution in [1.29, 1.82) is 0 Å². The predicted molar refractivity (Wildman–Crippen MR) is 76.4 cm³/mol. The first-order chi connectivity index (χ1) is 8.08. The van der Waals surface area contributed by atoms with Crippen LogP contribution in [0.5, 0.6) is 0 Å². The molecule has 0 saturated carbocycles. The molecule has 0 heterocycles. The normalized spacial score (nSPS) is 12.5. The lowest BCUT2D eigenvalue weighted by Crippen LogP contribution is -2.12. The Hall–Kier alpha value is -0.830. The molecule has 0 amide bonds. The van der Waals surface area contributed by atoms with E-state index in [1.807, 2.05) is 37.3 Å². The van der Waals surface area contributed by atoms with E-state index in [-0.39, 0.29) is 6.04 Å². The summed E-state index contributed by atoms with van der Waals surface area (Å²) >= 11 is 9.64. The van der Waals surface area contributed by atoms with Gasteiger partial charge in [-0.3, -0.25) is 0 Å². The van der Waals surface area contributed by atoms with Crippen molar-refractivity contribution < 1.29 is 0 Å². The Morgan fingerprint density at radius 1 is 1.18 bits per heavy atom. The second kappa shape index (κ2) is 5.21. The Morgan fingerprint density at radius 3 is 2.53 bits per heavy atom. The van der Waals surface area contributed by atoms with Gasteiger partial charge in [0.05, 0.1) is 6.04 Å². The molecule has 2 N–H and O–H groups in total. The summed E-state index contributed by atoms with van der Waals surface area (Å²) in [4.78, 5) is 0. The van der Waals surface area contributed by atoms with Crippen LogP contribution in [0.1, 0.15) is 22.7 Å². The Labute approximate surface area is 115 Å². The molecule has 3 heteroatoms. The van der Waals surface area contributed by atoms with Crippen molar-refractivity contribution in [2.45, 2.75) is 13.0 Å². The number of hydrogen-bond donors (Lipinski definition) is 1. The molecule has 0 aliphatic rings. The van der Waals surface area contributed by atoms with Crippen molar-refractivity contribution >= 4 is 27.5 Å². The van der Waals surface area contributed by atoms with Crippen molar-refractivity contribution in [2.24, 2.45) is 5.73 Å². The van der Waals surface area contributed by atoms with Gasteiger partial charge in [-0.05, 0) is 41.8 Å². The van der Waals surface area contributed by atoms with Crippen molar-refractivity contribution in [3.05, 3.63) is 68.7 Å². The van der Waals surface area contributed by atoms with Gasteiger partial charge in [-0.2, -0.15) is 0 Å². The summed E-state index contributed by atoms with van der Waals surface area (Å²) in [5.41, 5.74) is 9.44. The number of hydrogen-bond acceptors (Lipinski definition) is 1.